The van der Waals surface area contributed by atoms with Crippen LogP contribution in [0.1, 0.15) is 35.9 Å². The van der Waals surface area contributed by atoms with E-state index in [0.717, 1.165) is 30.2 Å². The van der Waals surface area contributed by atoms with Gasteiger partial charge in [0, 0.05) is 44.4 Å². The van der Waals surface area contributed by atoms with Gasteiger partial charge in [0.15, 0.2) is 0 Å². The zero-order valence-corrected chi connectivity index (χ0v) is 16.1. The number of aryl methyl sites for hydroxylation is 3. The third-order valence-electron chi connectivity index (χ3n) is 4.74. The molecule has 0 fully saturated rings. The summed E-state index contributed by atoms with van der Waals surface area (Å²) in [6.45, 7) is 8.99. The van der Waals surface area contributed by atoms with E-state index in [1.54, 1.807) is 0 Å². The maximum absolute atomic E-state index is 12.2. The topological polar surface area (TPSA) is 59.4 Å². The number of ether oxygens (including phenoxy) is 1. The lowest BCUT2D eigenvalue weighted by Gasteiger charge is -2.21. The summed E-state index contributed by atoms with van der Waals surface area (Å²) < 4.78 is 7.83. The number of benzene rings is 1. The van der Waals surface area contributed by atoms with Gasteiger partial charge in [0.05, 0.1) is 12.2 Å². The number of carbonyl (C=O) groups excluding carboxylic acids is 1. The van der Waals surface area contributed by atoms with E-state index in [2.05, 4.69) is 41.3 Å². The van der Waals surface area contributed by atoms with Gasteiger partial charge in [0.2, 0.25) is 5.91 Å². The molecule has 1 aromatic heterocycles. The van der Waals surface area contributed by atoms with Gasteiger partial charge in [0.1, 0.15) is 11.9 Å². The molecule has 1 amide bonds. The van der Waals surface area contributed by atoms with Crippen molar-refractivity contribution in [2.24, 2.45) is 7.05 Å². The van der Waals surface area contributed by atoms with Crippen LogP contribution in [0.5, 0.6) is 5.75 Å². The SMILES string of the molecule is Cc1ccc2c(c1)CN(CCC(=O)NCc1cc(C)n(C)n1)CC(C)O2. The zero-order valence-electron chi connectivity index (χ0n) is 16.1. The number of hydrogen-bond acceptors (Lipinski definition) is 4. The number of nitrogens with zero attached hydrogens (tertiary/aromatic N) is 3. The highest BCUT2D eigenvalue weighted by Gasteiger charge is 2.20. The molecule has 6 heteroatoms. The van der Waals surface area contributed by atoms with Crippen LogP contribution in [0.4, 0.5) is 0 Å². The standard InChI is InChI=1S/C20H28N4O2/c1-14-5-6-19-17(9-14)13-24(12-16(3)26-19)8-7-20(25)21-11-18-10-15(2)23(4)22-18/h5-6,9-10,16H,7-8,11-13H2,1-4H3,(H,21,25). The van der Waals surface area contributed by atoms with Crippen molar-refractivity contribution >= 4 is 5.91 Å². The summed E-state index contributed by atoms with van der Waals surface area (Å²) in [6, 6.07) is 8.29. The molecule has 26 heavy (non-hydrogen) atoms. The normalized spacial score (nSPS) is 17.3. The van der Waals surface area contributed by atoms with Crippen molar-refractivity contribution in [3.8, 4) is 5.75 Å². The van der Waals surface area contributed by atoms with E-state index in [1.165, 1.54) is 11.1 Å². The largest absolute Gasteiger partial charge is 0.489 e. The van der Waals surface area contributed by atoms with E-state index in [1.807, 2.05) is 30.8 Å². The van der Waals surface area contributed by atoms with Crippen LogP contribution in [0.3, 0.4) is 0 Å². The first kappa shape index (κ1) is 18.5. The summed E-state index contributed by atoms with van der Waals surface area (Å²) >= 11 is 0. The molecular formula is C20H28N4O2. The van der Waals surface area contributed by atoms with Gasteiger partial charge in [-0.15, -0.1) is 0 Å². The summed E-state index contributed by atoms with van der Waals surface area (Å²) in [5.41, 5.74) is 4.39. The molecule has 2 aromatic rings. The second-order valence-corrected chi connectivity index (χ2v) is 7.20. The first-order chi connectivity index (χ1) is 12.4. The summed E-state index contributed by atoms with van der Waals surface area (Å²) in [6.07, 6.45) is 0.582. The Morgan fingerprint density at radius 2 is 2.15 bits per heavy atom. The van der Waals surface area contributed by atoms with Gasteiger partial charge in [-0.25, -0.2) is 0 Å². The van der Waals surface area contributed by atoms with Gasteiger partial charge in [-0.2, -0.15) is 5.10 Å². The third kappa shape index (κ3) is 4.64. The molecule has 1 aliphatic heterocycles. The maximum Gasteiger partial charge on any atom is 0.221 e. The van der Waals surface area contributed by atoms with Crippen LogP contribution in [0.2, 0.25) is 0 Å². The van der Waals surface area contributed by atoms with Gasteiger partial charge in [-0.3, -0.25) is 14.4 Å². The number of fused-ring (bicyclic) bond motifs is 1. The van der Waals surface area contributed by atoms with Gasteiger partial charge in [-0.05, 0) is 32.9 Å². The highest BCUT2D eigenvalue weighted by Crippen LogP contribution is 2.26. The summed E-state index contributed by atoms with van der Waals surface area (Å²) in [5.74, 6) is 1.01. The first-order valence-corrected chi connectivity index (χ1v) is 9.15. The zero-order chi connectivity index (χ0) is 18.7. The molecule has 140 valence electrons. The molecule has 1 atom stereocenters. The molecule has 0 bridgehead atoms. The van der Waals surface area contributed by atoms with E-state index in [0.29, 0.717) is 19.5 Å². The molecule has 3 rings (SSSR count). The first-order valence-electron chi connectivity index (χ1n) is 9.15. The fourth-order valence-electron chi connectivity index (χ4n) is 3.30. The number of aromatic nitrogens is 2. The Hall–Kier alpha value is -2.34. The summed E-state index contributed by atoms with van der Waals surface area (Å²) in [4.78, 5) is 14.5. The van der Waals surface area contributed by atoms with Crippen LogP contribution >= 0.6 is 0 Å². The highest BCUT2D eigenvalue weighted by molar-refractivity contribution is 5.76. The molecule has 2 heterocycles. The van der Waals surface area contributed by atoms with Gasteiger partial charge < -0.3 is 10.1 Å². The molecule has 6 nitrogen and oxygen atoms in total. The second kappa shape index (κ2) is 7.91. The number of hydrogen-bond donors (Lipinski definition) is 1. The molecule has 1 aromatic carbocycles. The Labute approximate surface area is 155 Å². The third-order valence-corrected chi connectivity index (χ3v) is 4.74. The minimum Gasteiger partial charge on any atom is -0.489 e. The quantitative estimate of drug-likeness (QED) is 0.893. The van der Waals surface area contributed by atoms with Crippen LogP contribution in [0.25, 0.3) is 0 Å². The van der Waals surface area contributed by atoms with Gasteiger partial charge in [0.25, 0.3) is 0 Å². The Morgan fingerprint density at radius 1 is 1.35 bits per heavy atom. The smallest absolute Gasteiger partial charge is 0.221 e. The minimum absolute atomic E-state index is 0.0515. The number of rotatable bonds is 5. The second-order valence-electron chi connectivity index (χ2n) is 7.20. The van der Waals surface area contributed by atoms with Crippen molar-refractivity contribution in [3.05, 3.63) is 46.8 Å². The van der Waals surface area contributed by atoms with Crippen LogP contribution in [0, 0.1) is 13.8 Å². The molecular weight excluding hydrogens is 328 g/mol. The molecule has 1 aliphatic rings. The van der Waals surface area contributed by atoms with Crippen molar-refractivity contribution in [1.82, 2.24) is 20.0 Å². The fourth-order valence-corrected chi connectivity index (χ4v) is 3.30. The highest BCUT2D eigenvalue weighted by atomic mass is 16.5. The van der Waals surface area contributed by atoms with Crippen molar-refractivity contribution in [2.75, 3.05) is 13.1 Å². The minimum atomic E-state index is 0.0515. The lowest BCUT2D eigenvalue weighted by molar-refractivity contribution is -0.121. The predicted molar refractivity (Wildman–Crippen MR) is 101 cm³/mol. The number of amides is 1. The molecule has 0 saturated carbocycles. The maximum atomic E-state index is 12.2. The molecule has 0 radical (unpaired) electrons. The monoisotopic (exact) mass is 356 g/mol. The molecule has 0 saturated heterocycles. The lowest BCUT2D eigenvalue weighted by Crippen LogP contribution is -2.34. The van der Waals surface area contributed by atoms with E-state index in [9.17, 15) is 4.79 Å². The molecule has 1 N–H and O–H groups in total. The number of nitrogens with one attached hydrogen (secondary N) is 1. The van der Waals surface area contributed by atoms with Crippen LogP contribution in [0.15, 0.2) is 24.3 Å². The van der Waals surface area contributed by atoms with E-state index < -0.39 is 0 Å². The van der Waals surface area contributed by atoms with E-state index >= 15 is 0 Å². The van der Waals surface area contributed by atoms with Crippen molar-refractivity contribution in [3.63, 3.8) is 0 Å². The lowest BCUT2D eigenvalue weighted by atomic mass is 10.1. The summed E-state index contributed by atoms with van der Waals surface area (Å²) in [5, 5.41) is 7.32. The van der Waals surface area contributed by atoms with Crippen LogP contribution in [-0.2, 0) is 24.9 Å². The van der Waals surface area contributed by atoms with Crippen molar-refractivity contribution < 1.29 is 9.53 Å². The van der Waals surface area contributed by atoms with Crippen molar-refractivity contribution in [2.45, 2.75) is 46.4 Å². The Morgan fingerprint density at radius 3 is 2.88 bits per heavy atom. The Kier molecular flexibility index (Phi) is 5.61. The molecule has 1 unspecified atom stereocenters. The molecule has 0 spiro atoms. The average molecular weight is 356 g/mol. The average Bonchev–Trinajstić information content (AvgIpc) is 2.81. The van der Waals surface area contributed by atoms with E-state index in [4.69, 9.17) is 4.74 Å². The van der Waals surface area contributed by atoms with Gasteiger partial charge in [-0.1, -0.05) is 17.7 Å². The Balaban J connectivity index is 1.52. The van der Waals surface area contributed by atoms with E-state index in [-0.39, 0.29) is 12.0 Å². The van der Waals surface area contributed by atoms with Gasteiger partial charge >= 0.3 is 0 Å². The number of carbonyl (C=O) groups is 1. The van der Waals surface area contributed by atoms with Crippen LogP contribution in [-0.4, -0.2) is 39.8 Å². The summed E-state index contributed by atoms with van der Waals surface area (Å²) in [7, 11) is 1.91. The predicted octanol–water partition coefficient (Wildman–Crippen LogP) is 2.33. The van der Waals surface area contributed by atoms with Crippen LogP contribution < -0.4 is 10.1 Å². The fraction of sp³-hybridized carbons (Fsp3) is 0.500. The Bertz CT molecular complexity index is 765. The molecule has 0 aliphatic carbocycles. The van der Waals surface area contributed by atoms with Crippen molar-refractivity contribution in [1.29, 1.82) is 0 Å².